The maximum absolute atomic E-state index is 13.1. The molecular weight excluding hydrogens is 412 g/mol. The van der Waals surface area contributed by atoms with E-state index in [4.69, 9.17) is 14.2 Å². The van der Waals surface area contributed by atoms with Crippen molar-refractivity contribution in [1.29, 1.82) is 0 Å². The summed E-state index contributed by atoms with van der Waals surface area (Å²) in [4.78, 5) is 38.2. The number of esters is 1. The van der Waals surface area contributed by atoms with Crippen LogP contribution in [0.2, 0.25) is 0 Å². The van der Waals surface area contributed by atoms with Crippen LogP contribution >= 0.6 is 0 Å². The zero-order valence-corrected chi connectivity index (χ0v) is 19.7. The molecule has 1 aromatic rings. The van der Waals surface area contributed by atoms with Gasteiger partial charge in [-0.25, -0.2) is 24.8 Å². The molecule has 0 radical (unpaired) electrons. The SMILES string of the molecule is COC(=O)c1cccc2c1[C@H]1[C@H](N(NC(=O)OC(C)(C)C)C(=O)OC(C)(C)C)C=C[C@H]1C2. The first-order chi connectivity index (χ1) is 14.8. The quantitative estimate of drug-likeness (QED) is 0.316. The number of rotatable bonds is 2. The number of carbonyl (C=O) groups excluding carboxylic acids is 3. The van der Waals surface area contributed by atoms with E-state index in [0.717, 1.165) is 17.5 Å². The molecule has 1 N–H and O–H groups in total. The fourth-order valence-electron chi connectivity index (χ4n) is 4.25. The van der Waals surface area contributed by atoms with E-state index in [1.165, 1.54) is 12.1 Å². The number of carbonyl (C=O) groups is 3. The van der Waals surface area contributed by atoms with Crippen molar-refractivity contribution in [3.05, 3.63) is 47.0 Å². The summed E-state index contributed by atoms with van der Waals surface area (Å²) in [6, 6.07) is 4.97. The van der Waals surface area contributed by atoms with E-state index in [2.05, 4.69) is 5.43 Å². The lowest BCUT2D eigenvalue weighted by Crippen LogP contribution is -2.55. The third-order valence-electron chi connectivity index (χ3n) is 5.27. The minimum absolute atomic E-state index is 0.0752. The number of benzene rings is 1. The first-order valence-electron chi connectivity index (χ1n) is 10.7. The van der Waals surface area contributed by atoms with Crippen LogP contribution in [0.1, 0.15) is 68.9 Å². The Morgan fingerprint density at radius 3 is 2.25 bits per heavy atom. The third kappa shape index (κ3) is 5.06. The molecule has 0 spiro atoms. The van der Waals surface area contributed by atoms with Crippen LogP contribution in [0, 0.1) is 5.92 Å². The van der Waals surface area contributed by atoms with E-state index in [1.54, 1.807) is 47.6 Å². The molecule has 0 aliphatic heterocycles. The predicted molar refractivity (Wildman–Crippen MR) is 118 cm³/mol. The summed E-state index contributed by atoms with van der Waals surface area (Å²) >= 11 is 0. The molecule has 2 aliphatic rings. The van der Waals surface area contributed by atoms with Crippen molar-refractivity contribution >= 4 is 18.2 Å². The van der Waals surface area contributed by atoms with E-state index in [-0.39, 0.29) is 11.8 Å². The largest absolute Gasteiger partial charge is 0.465 e. The summed E-state index contributed by atoms with van der Waals surface area (Å²) in [6.45, 7) is 10.5. The molecule has 8 nitrogen and oxygen atoms in total. The molecule has 0 heterocycles. The van der Waals surface area contributed by atoms with Crippen molar-refractivity contribution in [2.45, 2.75) is 71.1 Å². The fourth-order valence-corrected chi connectivity index (χ4v) is 4.25. The minimum Gasteiger partial charge on any atom is -0.465 e. The molecule has 0 saturated heterocycles. The second-order valence-electron chi connectivity index (χ2n) is 10.1. The van der Waals surface area contributed by atoms with Crippen LogP contribution in [-0.4, -0.2) is 47.5 Å². The predicted octanol–water partition coefficient (Wildman–Crippen LogP) is 4.34. The highest BCUT2D eigenvalue weighted by atomic mass is 16.6. The lowest BCUT2D eigenvalue weighted by Gasteiger charge is -2.35. The lowest BCUT2D eigenvalue weighted by atomic mass is 9.88. The maximum Gasteiger partial charge on any atom is 0.429 e. The molecule has 0 saturated carbocycles. The summed E-state index contributed by atoms with van der Waals surface area (Å²) in [6.07, 6.45) is 3.15. The number of allylic oxidation sites excluding steroid dienone is 1. The van der Waals surface area contributed by atoms with Gasteiger partial charge in [0.1, 0.15) is 11.2 Å². The van der Waals surface area contributed by atoms with Gasteiger partial charge in [-0.2, -0.15) is 0 Å². The van der Waals surface area contributed by atoms with E-state index in [9.17, 15) is 14.4 Å². The second-order valence-corrected chi connectivity index (χ2v) is 10.1. The number of ether oxygens (including phenoxy) is 3. The van der Waals surface area contributed by atoms with Gasteiger partial charge in [0.05, 0.1) is 18.7 Å². The highest BCUT2D eigenvalue weighted by molar-refractivity contribution is 5.92. The van der Waals surface area contributed by atoms with E-state index < -0.39 is 35.4 Å². The van der Waals surface area contributed by atoms with Gasteiger partial charge in [-0.05, 0) is 71.1 Å². The van der Waals surface area contributed by atoms with Crippen LogP contribution in [0.3, 0.4) is 0 Å². The summed E-state index contributed by atoms with van der Waals surface area (Å²) in [5, 5.41) is 1.17. The normalized spacial score (nSPS) is 21.4. The fraction of sp³-hybridized carbons (Fsp3) is 0.542. The Morgan fingerprint density at radius 2 is 1.66 bits per heavy atom. The minimum atomic E-state index is -0.766. The average Bonchev–Trinajstić information content (AvgIpc) is 3.21. The average molecular weight is 445 g/mol. The molecule has 3 atom stereocenters. The van der Waals surface area contributed by atoms with Gasteiger partial charge in [0.15, 0.2) is 0 Å². The van der Waals surface area contributed by atoms with Gasteiger partial charge >= 0.3 is 18.2 Å². The van der Waals surface area contributed by atoms with Gasteiger partial charge in [0.2, 0.25) is 0 Å². The number of hydrazine groups is 1. The smallest absolute Gasteiger partial charge is 0.429 e. The Balaban J connectivity index is 1.98. The number of fused-ring (bicyclic) bond motifs is 3. The van der Waals surface area contributed by atoms with Crippen molar-refractivity contribution in [2.24, 2.45) is 5.92 Å². The molecule has 0 aromatic heterocycles. The number of amides is 2. The molecule has 2 amide bonds. The number of hydrogen-bond donors (Lipinski definition) is 1. The van der Waals surface area contributed by atoms with Crippen molar-refractivity contribution in [3.63, 3.8) is 0 Å². The van der Waals surface area contributed by atoms with Gasteiger partial charge in [-0.15, -0.1) is 0 Å². The summed E-state index contributed by atoms with van der Waals surface area (Å²) in [5.41, 5.74) is 3.39. The summed E-state index contributed by atoms with van der Waals surface area (Å²) in [5.74, 6) is -0.592. The molecular formula is C24H32N2O6. The molecule has 8 heteroatoms. The number of hydrogen-bond acceptors (Lipinski definition) is 6. The standard InChI is InChI=1S/C24H32N2O6/c1-23(2,3)31-21(28)25-26(22(29)32-24(4,5)6)17-12-11-15-13-14-9-8-10-16(20(27)30-7)18(14)19(15)17/h8-12,15,17,19H,13H2,1-7H3,(H,25,28)/t15-,17+,19+/m0/s1. The summed E-state index contributed by atoms with van der Waals surface area (Å²) in [7, 11) is 1.34. The van der Waals surface area contributed by atoms with Crippen molar-refractivity contribution in [1.82, 2.24) is 10.4 Å². The molecule has 0 unspecified atom stereocenters. The third-order valence-corrected chi connectivity index (χ3v) is 5.27. The highest BCUT2D eigenvalue weighted by Gasteiger charge is 2.46. The topological polar surface area (TPSA) is 94.2 Å². The van der Waals surface area contributed by atoms with E-state index in [1.807, 2.05) is 24.3 Å². The van der Waals surface area contributed by atoms with Crippen molar-refractivity contribution < 1.29 is 28.6 Å². The van der Waals surface area contributed by atoms with Crippen LogP contribution in [0.25, 0.3) is 0 Å². The van der Waals surface area contributed by atoms with Crippen molar-refractivity contribution in [2.75, 3.05) is 7.11 Å². The molecule has 0 fully saturated rings. The Hall–Kier alpha value is -3.03. The summed E-state index contributed by atoms with van der Waals surface area (Å²) < 4.78 is 15.9. The Bertz CT molecular complexity index is 941. The second kappa shape index (κ2) is 8.48. The highest BCUT2D eigenvalue weighted by Crippen LogP contribution is 2.48. The first-order valence-corrected chi connectivity index (χ1v) is 10.7. The molecule has 3 rings (SSSR count). The Labute approximate surface area is 188 Å². The Kier molecular flexibility index (Phi) is 6.26. The molecule has 2 aliphatic carbocycles. The van der Waals surface area contributed by atoms with Gasteiger partial charge in [-0.1, -0.05) is 24.3 Å². The lowest BCUT2D eigenvalue weighted by molar-refractivity contribution is -0.00722. The molecule has 0 bridgehead atoms. The van der Waals surface area contributed by atoms with Gasteiger partial charge in [-0.3, -0.25) is 0 Å². The van der Waals surface area contributed by atoms with E-state index in [0.29, 0.717) is 5.56 Å². The monoisotopic (exact) mass is 444 g/mol. The van der Waals surface area contributed by atoms with Crippen LogP contribution in [0.4, 0.5) is 9.59 Å². The zero-order valence-electron chi connectivity index (χ0n) is 19.7. The van der Waals surface area contributed by atoms with Crippen molar-refractivity contribution in [3.8, 4) is 0 Å². The van der Waals surface area contributed by atoms with E-state index >= 15 is 0 Å². The van der Waals surface area contributed by atoms with Crippen LogP contribution in [0.15, 0.2) is 30.4 Å². The Morgan fingerprint density at radius 1 is 1.00 bits per heavy atom. The molecule has 32 heavy (non-hydrogen) atoms. The number of nitrogens with one attached hydrogen (secondary N) is 1. The van der Waals surface area contributed by atoms with Gasteiger partial charge in [0, 0.05) is 5.92 Å². The van der Waals surface area contributed by atoms with Crippen LogP contribution in [-0.2, 0) is 20.6 Å². The first kappa shape index (κ1) is 23.6. The van der Waals surface area contributed by atoms with Gasteiger partial charge in [0.25, 0.3) is 0 Å². The maximum atomic E-state index is 13.1. The van der Waals surface area contributed by atoms with Gasteiger partial charge < -0.3 is 14.2 Å². The van der Waals surface area contributed by atoms with Crippen LogP contribution < -0.4 is 5.43 Å². The molecule has 1 aromatic carbocycles. The van der Waals surface area contributed by atoms with Crippen LogP contribution in [0.5, 0.6) is 0 Å². The number of nitrogens with zero attached hydrogens (tertiary/aromatic N) is 1. The zero-order chi connectivity index (χ0) is 23.8. The molecule has 174 valence electrons. The number of methoxy groups -OCH3 is 1.